The van der Waals surface area contributed by atoms with Crippen LogP contribution < -0.4 is 10.1 Å². The highest BCUT2D eigenvalue weighted by Gasteiger charge is 2.06. The SMILES string of the molecule is CNC(C)c1ccc(OCC(F)F)cn1. The average molecular weight is 216 g/mol. The van der Waals surface area contributed by atoms with Crippen molar-refractivity contribution in [3.8, 4) is 5.75 Å². The van der Waals surface area contributed by atoms with Gasteiger partial charge in [0, 0.05) is 6.04 Å². The third kappa shape index (κ3) is 3.79. The van der Waals surface area contributed by atoms with Crippen molar-refractivity contribution in [2.24, 2.45) is 0 Å². The van der Waals surface area contributed by atoms with Gasteiger partial charge >= 0.3 is 0 Å². The standard InChI is InChI=1S/C10H14F2N2O/c1-7(13-2)9-4-3-8(5-14-9)15-6-10(11)12/h3-5,7,10,13H,6H2,1-2H3. The predicted octanol–water partition coefficient (Wildman–Crippen LogP) is 2.01. The van der Waals surface area contributed by atoms with Crippen LogP contribution in [0.3, 0.4) is 0 Å². The number of alkyl halides is 2. The molecule has 0 bridgehead atoms. The van der Waals surface area contributed by atoms with E-state index < -0.39 is 13.0 Å². The van der Waals surface area contributed by atoms with E-state index in [1.165, 1.54) is 6.20 Å². The summed E-state index contributed by atoms with van der Waals surface area (Å²) in [5, 5.41) is 3.03. The summed E-state index contributed by atoms with van der Waals surface area (Å²) in [5.41, 5.74) is 0.849. The van der Waals surface area contributed by atoms with E-state index >= 15 is 0 Å². The molecule has 1 atom stereocenters. The van der Waals surface area contributed by atoms with Gasteiger partial charge < -0.3 is 10.1 Å². The molecule has 0 aliphatic carbocycles. The molecule has 0 fully saturated rings. The van der Waals surface area contributed by atoms with Crippen molar-refractivity contribution in [1.29, 1.82) is 0 Å². The van der Waals surface area contributed by atoms with Crippen LogP contribution in [0.1, 0.15) is 18.7 Å². The third-order valence-electron chi connectivity index (χ3n) is 2.01. The summed E-state index contributed by atoms with van der Waals surface area (Å²) in [6.07, 6.45) is -1.01. The summed E-state index contributed by atoms with van der Waals surface area (Å²) in [7, 11) is 1.83. The molecule has 1 N–H and O–H groups in total. The monoisotopic (exact) mass is 216 g/mol. The van der Waals surface area contributed by atoms with Gasteiger partial charge in [0.15, 0.2) is 0 Å². The van der Waals surface area contributed by atoms with Gasteiger partial charge in [-0.2, -0.15) is 0 Å². The second-order valence-corrected chi connectivity index (χ2v) is 3.13. The first-order valence-electron chi connectivity index (χ1n) is 4.67. The smallest absolute Gasteiger partial charge is 0.272 e. The largest absolute Gasteiger partial charge is 0.486 e. The minimum atomic E-state index is -2.46. The summed E-state index contributed by atoms with van der Waals surface area (Å²) < 4.78 is 28.5. The molecule has 0 aliphatic rings. The van der Waals surface area contributed by atoms with Gasteiger partial charge in [0.2, 0.25) is 0 Å². The molecule has 0 saturated carbocycles. The first kappa shape index (κ1) is 11.8. The summed E-state index contributed by atoms with van der Waals surface area (Å²) in [6, 6.07) is 3.52. The van der Waals surface area contributed by atoms with Gasteiger partial charge in [0.1, 0.15) is 12.4 Å². The van der Waals surface area contributed by atoms with Gasteiger partial charge in [-0.05, 0) is 26.1 Å². The lowest BCUT2D eigenvalue weighted by Gasteiger charge is -2.10. The predicted molar refractivity (Wildman–Crippen MR) is 53.2 cm³/mol. The van der Waals surface area contributed by atoms with Crippen molar-refractivity contribution in [3.63, 3.8) is 0 Å². The fraction of sp³-hybridized carbons (Fsp3) is 0.500. The van der Waals surface area contributed by atoms with E-state index in [0.29, 0.717) is 5.75 Å². The summed E-state index contributed by atoms with van der Waals surface area (Å²) >= 11 is 0. The third-order valence-corrected chi connectivity index (χ3v) is 2.01. The van der Waals surface area contributed by atoms with Crippen LogP contribution in [0, 0.1) is 0 Å². The highest BCUT2D eigenvalue weighted by atomic mass is 19.3. The van der Waals surface area contributed by atoms with Crippen molar-refractivity contribution in [2.45, 2.75) is 19.4 Å². The number of hydrogen-bond acceptors (Lipinski definition) is 3. The Morgan fingerprint density at radius 3 is 2.67 bits per heavy atom. The van der Waals surface area contributed by atoms with E-state index in [-0.39, 0.29) is 6.04 Å². The Morgan fingerprint density at radius 2 is 2.20 bits per heavy atom. The molecule has 1 aromatic heterocycles. The average Bonchev–Trinajstić information content (AvgIpc) is 2.26. The lowest BCUT2D eigenvalue weighted by Crippen LogP contribution is -2.14. The van der Waals surface area contributed by atoms with E-state index in [2.05, 4.69) is 10.3 Å². The molecule has 0 radical (unpaired) electrons. The second kappa shape index (κ2) is 5.60. The zero-order valence-electron chi connectivity index (χ0n) is 8.71. The van der Waals surface area contributed by atoms with Crippen molar-refractivity contribution in [1.82, 2.24) is 10.3 Å². The molecular weight excluding hydrogens is 202 g/mol. The first-order chi connectivity index (χ1) is 7.13. The Kier molecular flexibility index (Phi) is 4.42. The zero-order chi connectivity index (χ0) is 11.3. The van der Waals surface area contributed by atoms with Crippen molar-refractivity contribution in [2.75, 3.05) is 13.7 Å². The first-order valence-corrected chi connectivity index (χ1v) is 4.67. The minimum Gasteiger partial charge on any atom is -0.486 e. The molecule has 15 heavy (non-hydrogen) atoms. The fourth-order valence-electron chi connectivity index (χ4n) is 1.04. The number of pyridine rings is 1. The van der Waals surface area contributed by atoms with Crippen molar-refractivity contribution >= 4 is 0 Å². The van der Waals surface area contributed by atoms with E-state index in [9.17, 15) is 8.78 Å². The maximum absolute atomic E-state index is 11.8. The molecule has 0 saturated heterocycles. The molecule has 1 heterocycles. The zero-order valence-corrected chi connectivity index (χ0v) is 8.71. The Hall–Kier alpha value is -1.23. The topological polar surface area (TPSA) is 34.1 Å². The maximum Gasteiger partial charge on any atom is 0.272 e. The van der Waals surface area contributed by atoms with E-state index in [0.717, 1.165) is 5.69 Å². The number of ether oxygens (including phenoxy) is 1. The van der Waals surface area contributed by atoms with Gasteiger partial charge in [-0.1, -0.05) is 0 Å². The van der Waals surface area contributed by atoms with Crippen molar-refractivity contribution in [3.05, 3.63) is 24.0 Å². The molecule has 1 unspecified atom stereocenters. The lowest BCUT2D eigenvalue weighted by atomic mass is 10.2. The molecule has 3 nitrogen and oxygen atoms in total. The Balaban J connectivity index is 2.56. The van der Waals surface area contributed by atoms with E-state index in [1.54, 1.807) is 12.1 Å². The highest BCUT2D eigenvalue weighted by Crippen LogP contribution is 2.14. The van der Waals surface area contributed by atoms with Gasteiger partial charge in [0.25, 0.3) is 6.43 Å². The summed E-state index contributed by atoms with van der Waals surface area (Å²) in [5.74, 6) is 0.363. The molecule has 5 heteroatoms. The van der Waals surface area contributed by atoms with Crippen molar-refractivity contribution < 1.29 is 13.5 Å². The number of hydrogen-bond donors (Lipinski definition) is 1. The van der Waals surface area contributed by atoms with E-state index in [4.69, 9.17) is 4.74 Å². The van der Waals surface area contributed by atoms with E-state index in [1.807, 2.05) is 14.0 Å². The molecule has 84 valence electrons. The normalized spacial score (nSPS) is 12.9. The fourth-order valence-corrected chi connectivity index (χ4v) is 1.04. The quantitative estimate of drug-likeness (QED) is 0.817. The van der Waals surface area contributed by atoms with Gasteiger partial charge in [-0.3, -0.25) is 4.98 Å². The number of nitrogens with zero attached hydrogens (tertiary/aromatic N) is 1. The molecule has 0 amide bonds. The Morgan fingerprint density at radius 1 is 1.47 bits per heavy atom. The highest BCUT2D eigenvalue weighted by molar-refractivity contribution is 5.21. The molecular formula is C10H14F2N2O. The number of halogens is 2. The van der Waals surface area contributed by atoms with Gasteiger partial charge in [-0.15, -0.1) is 0 Å². The van der Waals surface area contributed by atoms with Crippen LogP contribution in [0.5, 0.6) is 5.75 Å². The van der Waals surface area contributed by atoms with Crippen LogP contribution in [0.25, 0.3) is 0 Å². The maximum atomic E-state index is 11.8. The summed E-state index contributed by atoms with van der Waals surface area (Å²) in [6.45, 7) is 1.37. The van der Waals surface area contributed by atoms with Crippen LogP contribution >= 0.6 is 0 Å². The summed E-state index contributed by atoms with van der Waals surface area (Å²) in [4.78, 5) is 4.09. The lowest BCUT2D eigenvalue weighted by molar-refractivity contribution is 0.0817. The number of aromatic nitrogens is 1. The number of nitrogens with one attached hydrogen (secondary N) is 1. The molecule has 0 spiro atoms. The van der Waals surface area contributed by atoms with Crippen LogP contribution in [0.15, 0.2) is 18.3 Å². The van der Waals surface area contributed by atoms with Crippen LogP contribution in [-0.2, 0) is 0 Å². The van der Waals surface area contributed by atoms with Gasteiger partial charge in [0.05, 0.1) is 11.9 Å². The number of rotatable bonds is 5. The van der Waals surface area contributed by atoms with Gasteiger partial charge in [-0.25, -0.2) is 8.78 Å². The second-order valence-electron chi connectivity index (χ2n) is 3.13. The minimum absolute atomic E-state index is 0.133. The molecule has 0 aliphatic heterocycles. The van der Waals surface area contributed by atoms with Crippen LogP contribution in [-0.4, -0.2) is 25.1 Å². The Labute approximate surface area is 87.5 Å². The van der Waals surface area contributed by atoms with Crippen LogP contribution in [0.4, 0.5) is 8.78 Å². The van der Waals surface area contributed by atoms with Crippen LogP contribution in [0.2, 0.25) is 0 Å². The molecule has 1 rings (SSSR count). The molecule has 1 aromatic rings. The molecule has 0 aromatic carbocycles. The Bertz CT molecular complexity index is 290.